The smallest absolute Gasteiger partial charge is 0.208 e. The Bertz CT molecular complexity index is 1040. The summed E-state index contributed by atoms with van der Waals surface area (Å²) in [7, 11) is 1.62. The van der Waals surface area contributed by atoms with Crippen LogP contribution in [0.2, 0.25) is 0 Å². The Labute approximate surface area is 153 Å². The molecule has 6 nitrogen and oxygen atoms in total. The molecule has 0 aliphatic heterocycles. The lowest BCUT2D eigenvalue weighted by molar-refractivity contribution is 0.0994. The van der Waals surface area contributed by atoms with E-state index in [1.165, 1.54) is 11.8 Å². The van der Waals surface area contributed by atoms with E-state index in [0.29, 0.717) is 16.5 Å². The molecule has 7 heteroatoms. The molecule has 0 bridgehead atoms. The molecule has 2 aromatic heterocycles. The second-order valence-corrected chi connectivity index (χ2v) is 6.49. The number of hydrogen-bond acceptors (Lipinski definition) is 6. The molecule has 130 valence electrons. The first-order valence-electron chi connectivity index (χ1n) is 7.93. The quantitative estimate of drug-likeness (QED) is 0.380. The van der Waals surface area contributed by atoms with Crippen LogP contribution in [0.3, 0.4) is 0 Å². The van der Waals surface area contributed by atoms with Crippen molar-refractivity contribution in [2.24, 2.45) is 0 Å². The molecule has 0 radical (unpaired) electrons. The van der Waals surface area contributed by atoms with Gasteiger partial charge in [-0.3, -0.25) is 9.36 Å². The first kappa shape index (κ1) is 16.4. The largest absolute Gasteiger partial charge is 0.497 e. The number of carbonyl (C=O) groups excluding carboxylic acids is 1. The van der Waals surface area contributed by atoms with E-state index in [-0.39, 0.29) is 11.5 Å². The van der Waals surface area contributed by atoms with E-state index in [4.69, 9.17) is 9.15 Å². The van der Waals surface area contributed by atoms with Crippen LogP contribution in [0, 0.1) is 0 Å². The van der Waals surface area contributed by atoms with Gasteiger partial charge in [0.25, 0.3) is 0 Å². The third-order valence-corrected chi connectivity index (χ3v) is 4.82. The Balaban J connectivity index is 1.51. The highest BCUT2D eigenvalue weighted by Gasteiger charge is 2.15. The number of rotatable bonds is 6. The summed E-state index contributed by atoms with van der Waals surface area (Å²) in [6.45, 7) is 0. The summed E-state index contributed by atoms with van der Waals surface area (Å²) in [6, 6.07) is 16.9. The van der Waals surface area contributed by atoms with Gasteiger partial charge in [-0.2, -0.15) is 0 Å². The summed E-state index contributed by atoms with van der Waals surface area (Å²) in [4.78, 5) is 12.5. The van der Waals surface area contributed by atoms with Gasteiger partial charge in [0.15, 0.2) is 10.9 Å². The number of thioether (sulfide) groups is 1. The molecule has 4 aromatic rings. The van der Waals surface area contributed by atoms with Crippen LogP contribution in [0.25, 0.3) is 16.7 Å². The zero-order valence-corrected chi connectivity index (χ0v) is 14.8. The molecule has 0 atom stereocenters. The highest BCUT2D eigenvalue weighted by molar-refractivity contribution is 7.99. The van der Waals surface area contributed by atoms with Gasteiger partial charge in [-0.1, -0.05) is 36.0 Å². The highest BCUT2D eigenvalue weighted by atomic mass is 32.2. The number of hydrogen-bond donors (Lipinski definition) is 0. The Morgan fingerprint density at radius 3 is 2.92 bits per heavy atom. The maximum absolute atomic E-state index is 12.5. The molecule has 0 saturated heterocycles. The molecular weight excluding hydrogens is 350 g/mol. The van der Waals surface area contributed by atoms with Crippen molar-refractivity contribution in [1.29, 1.82) is 0 Å². The fraction of sp³-hybridized carbons (Fsp3) is 0.105. The summed E-state index contributed by atoms with van der Waals surface area (Å²) in [5.41, 5.74) is 1.58. The number of ether oxygens (including phenoxy) is 1. The van der Waals surface area contributed by atoms with Gasteiger partial charge < -0.3 is 9.15 Å². The van der Waals surface area contributed by atoms with E-state index in [0.717, 1.165) is 16.8 Å². The van der Waals surface area contributed by atoms with Crippen molar-refractivity contribution in [3.63, 3.8) is 0 Å². The standard InChI is InChI=1S/C19H15N3O3S/c1-24-15-7-4-6-14(10-15)22-12-20-21-19(22)26-11-16(23)18-9-13-5-2-3-8-17(13)25-18/h2-10,12H,11H2,1H3. The van der Waals surface area contributed by atoms with Gasteiger partial charge in [-0.25, -0.2) is 0 Å². The van der Waals surface area contributed by atoms with Gasteiger partial charge in [0, 0.05) is 11.5 Å². The van der Waals surface area contributed by atoms with Crippen LogP contribution < -0.4 is 4.74 Å². The number of ketones is 1. The predicted molar refractivity (Wildman–Crippen MR) is 99.2 cm³/mol. The third kappa shape index (κ3) is 3.21. The Hall–Kier alpha value is -3.06. The number of nitrogens with zero attached hydrogens (tertiary/aromatic N) is 3. The second-order valence-electron chi connectivity index (χ2n) is 5.55. The lowest BCUT2D eigenvalue weighted by Gasteiger charge is -2.07. The van der Waals surface area contributed by atoms with Crippen molar-refractivity contribution in [3.8, 4) is 11.4 Å². The SMILES string of the molecule is COc1cccc(-n2cnnc2SCC(=O)c2cc3ccccc3o2)c1. The molecule has 0 fully saturated rings. The van der Waals surface area contributed by atoms with E-state index < -0.39 is 0 Å². The van der Waals surface area contributed by atoms with Crippen LogP contribution in [-0.2, 0) is 0 Å². The molecule has 2 heterocycles. The van der Waals surface area contributed by atoms with Gasteiger partial charge >= 0.3 is 0 Å². The summed E-state index contributed by atoms with van der Waals surface area (Å²) < 4.78 is 12.7. The van der Waals surface area contributed by atoms with Gasteiger partial charge in [-0.15, -0.1) is 10.2 Å². The molecule has 4 rings (SSSR count). The number of Topliss-reactive ketones (excluding diaryl/α,β-unsaturated/α-hetero) is 1. The average molecular weight is 365 g/mol. The summed E-state index contributed by atoms with van der Waals surface area (Å²) in [5, 5.41) is 9.61. The topological polar surface area (TPSA) is 70.2 Å². The van der Waals surface area contributed by atoms with Crippen molar-refractivity contribution >= 4 is 28.5 Å². The van der Waals surface area contributed by atoms with Crippen LogP contribution in [-0.4, -0.2) is 33.4 Å². The van der Waals surface area contributed by atoms with Gasteiger partial charge in [0.2, 0.25) is 5.78 Å². The minimum atomic E-state index is -0.0913. The number of benzene rings is 2. The molecule has 0 saturated carbocycles. The van der Waals surface area contributed by atoms with E-state index in [9.17, 15) is 4.79 Å². The number of fused-ring (bicyclic) bond motifs is 1. The second kappa shape index (κ2) is 7.05. The number of furan rings is 1. The zero-order valence-electron chi connectivity index (χ0n) is 14.0. The number of methoxy groups -OCH3 is 1. The van der Waals surface area contributed by atoms with Gasteiger partial charge in [-0.05, 0) is 24.3 Å². The minimum Gasteiger partial charge on any atom is -0.497 e. The van der Waals surface area contributed by atoms with E-state index in [2.05, 4.69) is 10.2 Å². The van der Waals surface area contributed by atoms with Crippen molar-refractivity contribution in [2.45, 2.75) is 5.16 Å². The molecule has 0 spiro atoms. The molecule has 0 aliphatic rings. The number of para-hydroxylation sites is 1. The molecule has 2 aromatic carbocycles. The fourth-order valence-electron chi connectivity index (χ4n) is 2.58. The van der Waals surface area contributed by atoms with Crippen molar-refractivity contribution in [1.82, 2.24) is 14.8 Å². The highest BCUT2D eigenvalue weighted by Crippen LogP contribution is 2.25. The summed E-state index contributed by atoms with van der Waals surface area (Å²) in [5.74, 6) is 1.21. The fourth-order valence-corrected chi connectivity index (χ4v) is 3.38. The Morgan fingerprint density at radius 1 is 1.19 bits per heavy atom. The van der Waals surface area contributed by atoms with E-state index in [1.54, 1.807) is 19.5 Å². The van der Waals surface area contributed by atoms with Crippen LogP contribution in [0.15, 0.2) is 70.5 Å². The maximum atomic E-state index is 12.5. The van der Waals surface area contributed by atoms with Crippen LogP contribution in [0.4, 0.5) is 0 Å². The minimum absolute atomic E-state index is 0.0913. The number of aromatic nitrogens is 3. The molecule has 26 heavy (non-hydrogen) atoms. The molecule has 0 amide bonds. The molecule has 0 aliphatic carbocycles. The van der Waals surface area contributed by atoms with Crippen LogP contribution >= 0.6 is 11.8 Å². The van der Waals surface area contributed by atoms with Gasteiger partial charge in [0.1, 0.15) is 17.7 Å². The first-order chi connectivity index (χ1) is 12.7. The molecule has 0 unspecified atom stereocenters. The van der Waals surface area contributed by atoms with Crippen molar-refractivity contribution in [2.75, 3.05) is 12.9 Å². The van der Waals surface area contributed by atoms with Crippen molar-refractivity contribution < 1.29 is 13.9 Å². The number of carbonyl (C=O) groups is 1. The zero-order chi connectivity index (χ0) is 17.9. The van der Waals surface area contributed by atoms with E-state index in [1.807, 2.05) is 53.1 Å². The predicted octanol–water partition coefficient (Wildman–Crippen LogP) is 4.00. The average Bonchev–Trinajstić information content (AvgIpc) is 3.32. The van der Waals surface area contributed by atoms with Crippen molar-refractivity contribution in [3.05, 3.63) is 66.7 Å². The Morgan fingerprint density at radius 2 is 2.08 bits per heavy atom. The van der Waals surface area contributed by atoms with E-state index >= 15 is 0 Å². The summed E-state index contributed by atoms with van der Waals surface area (Å²) >= 11 is 1.31. The lowest BCUT2D eigenvalue weighted by Crippen LogP contribution is -2.03. The molecular formula is C19H15N3O3S. The monoisotopic (exact) mass is 365 g/mol. The van der Waals surface area contributed by atoms with Crippen LogP contribution in [0.1, 0.15) is 10.6 Å². The normalized spacial score (nSPS) is 11.0. The molecule has 0 N–H and O–H groups in total. The van der Waals surface area contributed by atoms with Crippen LogP contribution in [0.5, 0.6) is 5.75 Å². The maximum Gasteiger partial charge on any atom is 0.208 e. The Kier molecular flexibility index (Phi) is 4.45. The first-order valence-corrected chi connectivity index (χ1v) is 8.92. The summed E-state index contributed by atoms with van der Waals surface area (Å²) in [6.07, 6.45) is 1.61. The lowest BCUT2D eigenvalue weighted by atomic mass is 10.2. The van der Waals surface area contributed by atoms with Gasteiger partial charge in [0.05, 0.1) is 18.6 Å². The third-order valence-electron chi connectivity index (χ3n) is 3.88.